The van der Waals surface area contributed by atoms with Crippen LogP contribution in [-0.2, 0) is 4.74 Å². The Hall–Kier alpha value is -0.540. The van der Waals surface area contributed by atoms with Gasteiger partial charge < -0.3 is 10.1 Å². The molecule has 0 saturated carbocycles. The number of hydrogen-bond acceptors (Lipinski definition) is 2. The van der Waals surface area contributed by atoms with Crippen LogP contribution in [0.3, 0.4) is 0 Å². The van der Waals surface area contributed by atoms with E-state index in [1.54, 1.807) is 0 Å². The summed E-state index contributed by atoms with van der Waals surface area (Å²) in [7, 11) is 0. The third kappa shape index (κ3) is 2.77. The summed E-state index contributed by atoms with van der Waals surface area (Å²) in [5.74, 6) is 0. The molecule has 3 heteroatoms. The van der Waals surface area contributed by atoms with E-state index in [1.807, 2.05) is 0 Å². The number of rotatable bonds is 2. The Kier molecular flexibility index (Phi) is 3.87. The summed E-state index contributed by atoms with van der Waals surface area (Å²) in [6.07, 6.45) is 2.19. The predicted octanol–water partition coefficient (Wildman–Crippen LogP) is 3.66. The third-order valence-corrected chi connectivity index (χ3v) is 3.63. The third-order valence-electron chi connectivity index (χ3n) is 3.00. The minimum absolute atomic E-state index is 0.548. The molecule has 0 spiro atoms. The van der Waals surface area contributed by atoms with E-state index in [0.717, 1.165) is 30.5 Å². The normalized spacial score (nSPS) is 17.4. The maximum atomic E-state index is 5.37. The van der Waals surface area contributed by atoms with E-state index >= 15 is 0 Å². The molecule has 1 fully saturated rings. The molecule has 2 nitrogen and oxygen atoms in total. The van der Waals surface area contributed by atoms with Gasteiger partial charge in [-0.25, -0.2) is 0 Å². The lowest BCUT2D eigenvalue weighted by Crippen LogP contribution is -2.28. The molecule has 1 saturated heterocycles. The van der Waals surface area contributed by atoms with E-state index in [-0.39, 0.29) is 0 Å². The van der Waals surface area contributed by atoms with Gasteiger partial charge in [-0.1, -0.05) is 6.07 Å². The first-order chi connectivity index (χ1) is 7.66. The van der Waals surface area contributed by atoms with E-state index < -0.39 is 0 Å². The summed E-state index contributed by atoms with van der Waals surface area (Å²) >= 11 is 3.63. The summed E-state index contributed by atoms with van der Waals surface area (Å²) in [5, 5.41) is 3.62. The zero-order chi connectivity index (χ0) is 11.5. The molecule has 0 bridgehead atoms. The van der Waals surface area contributed by atoms with Crippen molar-refractivity contribution in [1.29, 1.82) is 0 Å². The summed E-state index contributed by atoms with van der Waals surface area (Å²) in [6.45, 7) is 6.02. The highest BCUT2D eigenvalue weighted by molar-refractivity contribution is 9.10. The summed E-state index contributed by atoms with van der Waals surface area (Å²) in [4.78, 5) is 0. The number of ether oxygens (including phenoxy) is 1. The molecule has 16 heavy (non-hydrogen) atoms. The first-order valence-electron chi connectivity index (χ1n) is 5.78. The van der Waals surface area contributed by atoms with Crippen LogP contribution in [0.4, 0.5) is 5.69 Å². The van der Waals surface area contributed by atoms with Crippen LogP contribution in [0, 0.1) is 13.8 Å². The van der Waals surface area contributed by atoms with Gasteiger partial charge in [0.05, 0.1) is 5.69 Å². The molecular weight excluding hydrogens is 266 g/mol. The monoisotopic (exact) mass is 283 g/mol. The lowest BCUT2D eigenvalue weighted by Gasteiger charge is -2.25. The van der Waals surface area contributed by atoms with Crippen molar-refractivity contribution in [2.45, 2.75) is 32.7 Å². The number of aryl methyl sites for hydroxylation is 2. The second-order valence-electron chi connectivity index (χ2n) is 4.47. The standard InChI is InChI=1S/C13H18BrNO/c1-9-7-10(2)13(12(14)8-9)15-11-3-5-16-6-4-11/h7-8,11,15H,3-6H2,1-2H3. The molecule has 0 aromatic heterocycles. The Bertz CT molecular complexity index is 349. The van der Waals surface area contributed by atoms with E-state index in [0.29, 0.717) is 6.04 Å². The maximum Gasteiger partial charge on any atom is 0.0516 e. The van der Waals surface area contributed by atoms with Gasteiger partial charge in [0.2, 0.25) is 0 Å². The van der Waals surface area contributed by atoms with Crippen molar-refractivity contribution >= 4 is 21.6 Å². The Balaban J connectivity index is 2.14. The predicted molar refractivity (Wildman–Crippen MR) is 71.1 cm³/mol. The Labute approximate surface area is 106 Å². The first-order valence-corrected chi connectivity index (χ1v) is 6.57. The zero-order valence-corrected chi connectivity index (χ0v) is 11.4. The topological polar surface area (TPSA) is 21.3 Å². The van der Waals surface area contributed by atoms with Crippen molar-refractivity contribution in [3.63, 3.8) is 0 Å². The molecule has 1 aromatic rings. The minimum atomic E-state index is 0.548. The Morgan fingerprint density at radius 3 is 2.56 bits per heavy atom. The molecule has 1 aliphatic rings. The van der Waals surface area contributed by atoms with Crippen LogP contribution in [0.2, 0.25) is 0 Å². The van der Waals surface area contributed by atoms with Crippen molar-refractivity contribution in [2.24, 2.45) is 0 Å². The van der Waals surface area contributed by atoms with Crippen molar-refractivity contribution < 1.29 is 4.74 Å². The SMILES string of the molecule is Cc1cc(C)c(NC2CCOCC2)c(Br)c1. The summed E-state index contributed by atoms with van der Waals surface area (Å²) < 4.78 is 6.53. The first kappa shape index (κ1) is 11.9. The molecular formula is C13H18BrNO. The van der Waals surface area contributed by atoms with Gasteiger partial charge in [-0.3, -0.25) is 0 Å². The quantitative estimate of drug-likeness (QED) is 0.895. The number of halogens is 1. The molecule has 0 amide bonds. The van der Waals surface area contributed by atoms with E-state index in [1.165, 1.54) is 16.8 Å². The smallest absolute Gasteiger partial charge is 0.0516 e. The lowest BCUT2D eigenvalue weighted by molar-refractivity contribution is 0.0904. The van der Waals surface area contributed by atoms with Crippen molar-refractivity contribution in [3.05, 3.63) is 27.7 Å². The van der Waals surface area contributed by atoms with Crippen molar-refractivity contribution in [1.82, 2.24) is 0 Å². The van der Waals surface area contributed by atoms with Gasteiger partial charge in [0.1, 0.15) is 0 Å². The fraction of sp³-hybridized carbons (Fsp3) is 0.538. The average Bonchev–Trinajstić information content (AvgIpc) is 2.25. The fourth-order valence-electron chi connectivity index (χ4n) is 2.14. The average molecular weight is 284 g/mol. The maximum absolute atomic E-state index is 5.37. The number of anilines is 1. The number of hydrogen-bond donors (Lipinski definition) is 1. The molecule has 1 N–H and O–H groups in total. The van der Waals surface area contributed by atoms with Crippen LogP contribution in [0.25, 0.3) is 0 Å². The van der Waals surface area contributed by atoms with Gasteiger partial charge >= 0.3 is 0 Å². The number of benzene rings is 1. The molecule has 0 aliphatic carbocycles. The van der Waals surface area contributed by atoms with Crippen LogP contribution >= 0.6 is 15.9 Å². The molecule has 2 rings (SSSR count). The van der Waals surface area contributed by atoms with E-state index in [2.05, 4.69) is 47.2 Å². The van der Waals surface area contributed by atoms with Crippen molar-refractivity contribution in [2.75, 3.05) is 18.5 Å². The largest absolute Gasteiger partial charge is 0.381 e. The highest BCUT2D eigenvalue weighted by Gasteiger charge is 2.15. The number of nitrogens with one attached hydrogen (secondary N) is 1. The zero-order valence-electron chi connectivity index (χ0n) is 9.85. The molecule has 0 radical (unpaired) electrons. The van der Waals surface area contributed by atoms with Gasteiger partial charge in [-0.15, -0.1) is 0 Å². The van der Waals surface area contributed by atoms with Gasteiger partial charge in [0, 0.05) is 23.7 Å². The Morgan fingerprint density at radius 1 is 1.25 bits per heavy atom. The molecule has 0 unspecified atom stereocenters. The Morgan fingerprint density at radius 2 is 1.94 bits per heavy atom. The second-order valence-corrected chi connectivity index (χ2v) is 5.32. The van der Waals surface area contributed by atoms with E-state index in [9.17, 15) is 0 Å². The summed E-state index contributed by atoms with van der Waals surface area (Å²) in [6, 6.07) is 4.92. The molecule has 0 atom stereocenters. The van der Waals surface area contributed by atoms with Crippen molar-refractivity contribution in [3.8, 4) is 0 Å². The van der Waals surface area contributed by atoms with Crippen LogP contribution in [0.5, 0.6) is 0 Å². The molecule has 1 aliphatic heterocycles. The molecule has 1 aromatic carbocycles. The highest BCUT2D eigenvalue weighted by atomic mass is 79.9. The van der Waals surface area contributed by atoms with Crippen LogP contribution < -0.4 is 5.32 Å². The second kappa shape index (κ2) is 5.19. The fourth-order valence-corrected chi connectivity index (χ4v) is 2.93. The van der Waals surface area contributed by atoms with Gasteiger partial charge in [0.15, 0.2) is 0 Å². The van der Waals surface area contributed by atoms with Gasteiger partial charge in [0.25, 0.3) is 0 Å². The minimum Gasteiger partial charge on any atom is -0.381 e. The van der Waals surface area contributed by atoms with Crippen LogP contribution in [0.1, 0.15) is 24.0 Å². The summed E-state index contributed by atoms with van der Waals surface area (Å²) in [5.41, 5.74) is 3.83. The van der Waals surface area contributed by atoms with Crippen LogP contribution in [-0.4, -0.2) is 19.3 Å². The van der Waals surface area contributed by atoms with Gasteiger partial charge in [-0.05, 0) is 59.8 Å². The lowest BCUT2D eigenvalue weighted by atomic mass is 10.1. The van der Waals surface area contributed by atoms with Crippen LogP contribution in [0.15, 0.2) is 16.6 Å². The molecule has 1 heterocycles. The molecule has 88 valence electrons. The van der Waals surface area contributed by atoms with Gasteiger partial charge in [-0.2, -0.15) is 0 Å². The van der Waals surface area contributed by atoms with E-state index in [4.69, 9.17) is 4.74 Å². The highest BCUT2D eigenvalue weighted by Crippen LogP contribution is 2.29.